The van der Waals surface area contributed by atoms with Crippen LogP contribution in [0.2, 0.25) is 0 Å². The summed E-state index contributed by atoms with van der Waals surface area (Å²) in [6.07, 6.45) is -2.25. The Morgan fingerprint density at radius 1 is 1.45 bits per heavy atom. The summed E-state index contributed by atoms with van der Waals surface area (Å²) >= 11 is 0. The summed E-state index contributed by atoms with van der Waals surface area (Å²) in [4.78, 5) is 11.7. The number of rotatable bonds is 5. The molecule has 0 amide bonds. The molecule has 1 fully saturated rings. The molecule has 110 valence electrons. The highest BCUT2D eigenvalue weighted by Crippen LogP contribution is 2.32. The van der Waals surface area contributed by atoms with Crippen LogP contribution in [0.25, 0.3) is 0 Å². The van der Waals surface area contributed by atoms with Gasteiger partial charge in [0.1, 0.15) is 6.04 Å². The molecule has 20 heavy (non-hydrogen) atoms. The Morgan fingerprint density at radius 2 is 2.15 bits per heavy atom. The zero-order valence-corrected chi connectivity index (χ0v) is 11.0. The fourth-order valence-corrected chi connectivity index (χ4v) is 1.96. The van der Waals surface area contributed by atoms with Gasteiger partial charge in [0.05, 0.1) is 12.7 Å². The Kier molecular flexibility index (Phi) is 4.32. The molecule has 1 unspecified atom stereocenters. The number of carbonyl (C=O) groups is 1. The van der Waals surface area contributed by atoms with Crippen LogP contribution in [-0.4, -0.2) is 19.6 Å². The van der Waals surface area contributed by atoms with Gasteiger partial charge in [-0.1, -0.05) is 12.1 Å². The summed E-state index contributed by atoms with van der Waals surface area (Å²) in [5, 5.41) is 2.99. The van der Waals surface area contributed by atoms with Crippen molar-refractivity contribution in [2.45, 2.75) is 25.1 Å². The molecule has 1 aliphatic carbocycles. The number of carbonyl (C=O) groups excluding carboxylic acids is 1. The number of halogens is 3. The largest absolute Gasteiger partial charge is 0.468 e. The lowest BCUT2D eigenvalue weighted by Gasteiger charge is -2.18. The van der Waals surface area contributed by atoms with Crippen LogP contribution in [0.15, 0.2) is 24.3 Å². The minimum atomic E-state index is -4.42. The standard InChI is InChI=1S/C14H16F3NO2/c1-20-13(19)12(18-8-9-5-6-9)10-3-2-4-11(7-10)14(15,16)17/h2-4,7,9,12,18H,5-6,8H2,1H3. The first-order valence-corrected chi connectivity index (χ1v) is 6.40. The van der Waals surface area contributed by atoms with Gasteiger partial charge in [0.2, 0.25) is 0 Å². The van der Waals surface area contributed by atoms with Crippen molar-refractivity contribution in [2.75, 3.05) is 13.7 Å². The molecule has 1 saturated carbocycles. The van der Waals surface area contributed by atoms with E-state index >= 15 is 0 Å². The SMILES string of the molecule is COC(=O)C(NCC1CC1)c1cccc(C(F)(F)F)c1. The van der Waals surface area contributed by atoms with Gasteiger partial charge < -0.3 is 10.1 Å². The van der Waals surface area contributed by atoms with Crippen LogP contribution in [0.5, 0.6) is 0 Å². The number of ether oxygens (including phenoxy) is 1. The fourth-order valence-electron chi connectivity index (χ4n) is 1.96. The number of hydrogen-bond acceptors (Lipinski definition) is 3. The molecular weight excluding hydrogens is 271 g/mol. The third-order valence-electron chi connectivity index (χ3n) is 3.29. The molecule has 0 saturated heterocycles. The smallest absolute Gasteiger partial charge is 0.416 e. The molecule has 0 heterocycles. The third-order valence-corrected chi connectivity index (χ3v) is 3.29. The zero-order valence-electron chi connectivity index (χ0n) is 11.0. The monoisotopic (exact) mass is 287 g/mol. The van der Waals surface area contributed by atoms with Crippen molar-refractivity contribution in [1.82, 2.24) is 5.32 Å². The fraction of sp³-hybridized carbons (Fsp3) is 0.500. The highest BCUT2D eigenvalue weighted by atomic mass is 19.4. The molecule has 6 heteroatoms. The summed E-state index contributed by atoms with van der Waals surface area (Å²) < 4.78 is 42.8. The van der Waals surface area contributed by atoms with E-state index in [1.165, 1.54) is 19.2 Å². The molecule has 1 N–H and O–H groups in total. The average Bonchev–Trinajstić information content (AvgIpc) is 3.22. The molecule has 1 aromatic rings. The topological polar surface area (TPSA) is 38.3 Å². The molecular formula is C14H16F3NO2. The Balaban J connectivity index is 2.20. The Labute approximate surface area is 115 Å². The summed E-state index contributed by atoms with van der Waals surface area (Å²) in [5.74, 6) is -0.0714. The molecule has 1 atom stereocenters. The van der Waals surface area contributed by atoms with E-state index in [2.05, 4.69) is 10.1 Å². The van der Waals surface area contributed by atoms with Gasteiger partial charge in [-0.05, 0) is 43.0 Å². The lowest BCUT2D eigenvalue weighted by atomic mass is 10.0. The maximum Gasteiger partial charge on any atom is 0.416 e. The van der Waals surface area contributed by atoms with Gasteiger partial charge in [-0.2, -0.15) is 13.2 Å². The number of nitrogens with one attached hydrogen (secondary N) is 1. The average molecular weight is 287 g/mol. The first-order chi connectivity index (χ1) is 9.41. The highest BCUT2D eigenvalue weighted by Gasteiger charge is 2.32. The second-order valence-electron chi connectivity index (χ2n) is 4.93. The predicted octanol–water partition coefficient (Wildman–Crippen LogP) is 2.92. The number of benzene rings is 1. The molecule has 0 bridgehead atoms. The van der Waals surface area contributed by atoms with Crippen LogP contribution in [-0.2, 0) is 15.7 Å². The first kappa shape index (κ1) is 14.8. The van der Waals surface area contributed by atoms with E-state index < -0.39 is 23.8 Å². The predicted molar refractivity (Wildman–Crippen MR) is 66.9 cm³/mol. The van der Waals surface area contributed by atoms with Crippen LogP contribution in [0, 0.1) is 5.92 Å². The molecule has 0 radical (unpaired) electrons. The Bertz CT molecular complexity index is 484. The quantitative estimate of drug-likeness (QED) is 0.846. The first-order valence-electron chi connectivity index (χ1n) is 6.40. The molecule has 0 aliphatic heterocycles. The van der Waals surface area contributed by atoms with Crippen molar-refractivity contribution in [3.8, 4) is 0 Å². The van der Waals surface area contributed by atoms with Gasteiger partial charge in [-0.3, -0.25) is 0 Å². The van der Waals surface area contributed by atoms with E-state index in [4.69, 9.17) is 0 Å². The second-order valence-corrected chi connectivity index (χ2v) is 4.93. The number of alkyl halides is 3. The maximum atomic E-state index is 12.7. The van der Waals surface area contributed by atoms with Crippen LogP contribution < -0.4 is 5.32 Å². The van der Waals surface area contributed by atoms with Gasteiger partial charge in [-0.15, -0.1) is 0 Å². The van der Waals surface area contributed by atoms with E-state index in [1.54, 1.807) is 0 Å². The van der Waals surface area contributed by atoms with E-state index in [0.29, 0.717) is 12.5 Å². The van der Waals surface area contributed by atoms with Crippen molar-refractivity contribution in [3.63, 3.8) is 0 Å². The molecule has 1 aromatic carbocycles. The van der Waals surface area contributed by atoms with Gasteiger partial charge in [-0.25, -0.2) is 4.79 Å². The van der Waals surface area contributed by atoms with Crippen LogP contribution in [0.4, 0.5) is 13.2 Å². The van der Waals surface area contributed by atoms with E-state index in [1.807, 2.05) is 0 Å². The number of hydrogen-bond donors (Lipinski definition) is 1. The Morgan fingerprint density at radius 3 is 2.70 bits per heavy atom. The summed E-state index contributed by atoms with van der Waals surface area (Å²) in [6, 6.07) is 3.91. The zero-order chi connectivity index (χ0) is 14.8. The van der Waals surface area contributed by atoms with E-state index in [9.17, 15) is 18.0 Å². The Hall–Kier alpha value is -1.56. The van der Waals surface area contributed by atoms with Gasteiger partial charge in [0.15, 0.2) is 0 Å². The van der Waals surface area contributed by atoms with Gasteiger partial charge in [0.25, 0.3) is 0 Å². The minimum absolute atomic E-state index is 0.271. The second kappa shape index (κ2) is 5.83. The molecule has 0 spiro atoms. The maximum absolute atomic E-state index is 12.7. The van der Waals surface area contributed by atoms with Crippen molar-refractivity contribution >= 4 is 5.97 Å². The minimum Gasteiger partial charge on any atom is -0.468 e. The van der Waals surface area contributed by atoms with Crippen molar-refractivity contribution in [2.24, 2.45) is 5.92 Å². The van der Waals surface area contributed by atoms with Crippen LogP contribution in [0.3, 0.4) is 0 Å². The van der Waals surface area contributed by atoms with Crippen LogP contribution in [0.1, 0.15) is 30.0 Å². The molecule has 0 aromatic heterocycles. The van der Waals surface area contributed by atoms with Crippen molar-refractivity contribution in [3.05, 3.63) is 35.4 Å². The number of methoxy groups -OCH3 is 1. The normalized spacial score (nSPS) is 16.8. The highest BCUT2D eigenvalue weighted by molar-refractivity contribution is 5.77. The lowest BCUT2D eigenvalue weighted by Crippen LogP contribution is -2.31. The van der Waals surface area contributed by atoms with Gasteiger partial charge >= 0.3 is 12.1 Å². The van der Waals surface area contributed by atoms with Crippen molar-refractivity contribution in [1.29, 1.82) is 0 Å². The summed E-state index contributed by atoms with van der Waals surface area (Å²) in [6.45, 7) is 0.607. The van der Waals surface area contributed by atoms with E-state index in [-0.39, 0.29) is 5.56 Å². The van der Waals surface area contributed by atoms with Crippen LogP contribution >= 0.6 is 0 Å². The molecule has 1 aliphatic rings. The summed E-state index contributed by atoms with van der Waals surface area (Å²) in [5.41, 5.74) is -0.496. The number of esters is 1. The van der Waals surface area contributed by atoms with E-state index in [0.717, 1.165) is 25.0 Å². The lowest BCUT2D eigenvalue weighted by molar-refractivity contribution is -0.143. The van der Waals surface area contributed by atoms with Crippen molar-refractivity contribution < 1.29 is 22.7 Å². The molecule has 2 rings (SSSR count). The van der Waals surface area contributed by atoms with Gasteiger partial charge in [0, 0.05) is 0 Å². The summed E-state index contributed by atoms with van der Waals surface area (Å²) in [7, 11) is 1.22. The molecule has 3 nitrogen and oxygen atoms in total. The third kappa shape index (κ3) is 3.72.